The second kappa shape index (κ2) is 7.74. The number of nitrogens with zero attached hydrogens (tertiary/aromatic N) is 5. The first kappa shape index (κ1) is 18.5. The van der Waals surface area contributed by atoms with Gasteiger partial charge >= 0.3 is 0 Å². The van der Waals surface area contributed by atoms with E-state index < -0.39 is 0 Å². The molecular weight excluding hydrogens is 376 g/mol. The molecule has 1 N–H and O–H groups in total. The molecule has 152 valence electrons. The molecule has 0 radical (unpaired) electrons. The molecule has 2 aliphatic heterocycles. The SMILES string of the molecule is Cc1c(C(=O)NC2CCC(n3cccc4ccnc3-4)CC2)cnn1-c1ccccn1. The molecule has 0 saturated heterocycles. The van der Waals surface area contributed by atoms with Gasteiger partial charge in [-0.15, -0.1) is 0 Å². The third kappa shape index (κ3) is 3.36. The van der Waals surface area contributed by atoms with E-state index in [-0.39, 0.29) is 11.9 Å². The van der Waals surface area contributed by atoms with Crippen LogP contribution in [0.2, 0.25) is 0 Å². The van der Waals surface area contributed by atoms with Gasteiger partial charge in [-0.25, -0.2) is 14.6 Å². The Labute approximate surface area is 175 Å². The normalized spacial score (nSPS) is 19.1. The van der Waals surface area contributed by atoms with Crippen molar-refractivity contribution < 1.29 is 4.79 Å². The third-order valence-electron chi connectivity index (χ3n) is 6.02. The second-order valence-electron chi connectivity index (χ2n) is 7.86. The number of aromatic nitrogens is 5. The lowest BCUT2D eigenvalue weighted by molar-refractivity contribution is 0.0922. The van der Waals surface area contributed by atoms with Crippen molar-refractivity contribution in [2.45, 2.75) is 44.7 Å². The first-order valence-corrected chi connectivity index (χ1v) is 10.4. The summed E-state index contributed by atoms with van der Waals surface area (Å²) in [5.41, 5.74) is 2.57. The lowest BCUT2D eigenvalue weighted by Gasteiger charge is -2.31. The number of rotatable bonds is 4. The zero-order valence-corrected chi connectivity index (χ0v) is 16.9. The monoisotopic (exact) mass is 400 g/mol. The van der Waals surface area contributed by atoms with Gasteiger partial charge in [-0.3, -0.25) is 4.79 Å². The zero-order valence-electron chi connectivity index (χ0n) is 16.9. The number of nitrogens with one attached hydrogen (secondary N) is 1. The van der Waals surface area contributed by atoms with E-state index in [2.05, 4.69) is 43.3 Å². The van der Waals surface area contributed by atoms with Crippen molar-refractivity contribution in [3.8, 4) is 17.2 Å². The molecule has 1 amide bonds. The van der Waals surface area contributed by atoms with Crippen molar-refractivity contribution in [3.05, 3.63) is 72.4 Å². The Hall–Kier alpha value is -3.48. The van der Waals surface area contributed by atoms with Gasteiger partial charge in [0.25, 0.3) is 5.91 Å². The molecule has 0 aromatic carbocycles. The van der Waals surface area contributed by atoms with Crippen LogP contribution in [0.5, 0.6) is 0 Å². The van der Waals surface area contributed by atoms with Gasteiger partial charge in [0.2, 0.25) is 0 Å². The quantitative estimate of drug-likeness (QED) is 0.565. The molecule has 5 rings (SSSR count). The molecule has 0 atom stereocenters. The number of hydrogen-bond acceptors (Lipinski definition) is 4. The highest BCUT2D eigenvalue weighted by molar-refractivity contribution is 5.95. The first-order valence-electron chi connectivity index (χ1n) is 10.4. The van der Waals surface area contributed by atoms with E-state index in [1.165, 1.54) is 5.56 Å². The smallest absolute Gasteiger partial charge is 0.254 e. The molecule has 3 aliphatic rings. The topological polar surface area (TPSA) is 77.6 Å². The summed E-state index contributed by atoms with van der Waals surface area (Å²) in [5, 5.41) is 7.57. The molecule has 7 heteroatoms. The maximum atomic E-state index is 12.9. The van der Waals surface area contributed by atoms with Crippen LogP contribution in [0.25, 0.3) is 17.2 Å². The van der Waals surface area contributed by atoms with E-state index >= 15 is 0 Å². The summed E-state index contributed by atoms with van der Waals surface area (Å²) in [6.07, 6.45) is 11.3. The fourth-order valence-electron chi connectivity index (χ4n) is 4.39. The third-order valence-corrected chi connectivity index (χ3v) is 6.02. The number of carbonyl (C=O) groups is 1. The average Bonchev–Trinajstić information content (AvgIpc) is 3.41. The molecule has 7 nitrogen and oxygen atoms in total. The van der Waals surface area contributed by atoms with Crippen molar-refractivity contribution in [2.75, 3.05) is 0 Å². The van der Waals surface area contributed by atoms with Crippen LogP contribution >= 0.6 is 0 Å². The summed E-state index contributed by atoms with van der Waals surface area (Å²) in [7, 11) is 0. The van der Waals surface area contributed by atoms with Crippen molar-refractivity contribution in [3.63, 3.8) is 0 Å². The molecule has 1 saturated carbocycles. The van der Waals surface area contributed by atoms with Gasteiger partial charge < -0.3 is 9.88 Å². The minimum atomic E-state index is -0.0643. The Morgan fingerprint density at radius 1 is 1.03 bits per heavy atom. The summed E-state index contributed by atoms with van der Waals surface area (Å²) in [4.78, 5) is 21.7. The fraction of sp³-hybridized carbons (Fsp3) is 0.304. The van der Waals surface area contributed by atoms with Gasteiger partial charge in [0.1, 0.15) is 5.82 Å². The van der Waals surface area contributed by atoms with Crippen LogP contribution in [0.15, 0.2) is 61.2 Å². The standard InChI is InChI=1S/C23H24N6O/c1-16-20(15-26-29(16)21-6-2-3-12-24-21)23(30)27-18-7-9-19(10-8-18)28-14-4-5-17-11-13-25-22(17)28/h2-6,11-15,18-19H,7-10H2,1H3,(H,27,30). The van der Waals surface area contributed by atoms with Gasteiger partial charge in [0.15, 0.2) is 5.82 Å². The molecule has 0 bridgehead atoms. The fourth-order valence-corrected chi connectivity index (χ4v) is 4.39. The highest BCUT2D eigenvalue weighted by atomic mass is 16.1. The van der Waals surface area contributed by atoms with Crippen LogP contribution in [0.1, 0.15) is 47.8 Å². The van der Waals surface area contributed by atoms with Gasteiger partial charge in [0, 0.05) is 36.2 Å². The lowest BCUT2D eigenvalue weighted by Crippen LogP contribution is -2.38. The molecule has 2 aromatic heterocycles. The largest absolute Gasteiger partial charge is 0.349 e. The van der Waals surface area contributed by atoms with Gasteiger partial charge in [-0.1, -0.05) is 6.07 Å². The molecule has 1 aliphatic carbocycles. The molecule has 1 fully saturated rings. The lowest BCUT2D eigenvalue weighted by atomic mass is 9.90. The average molecular weight is 400 g/mol. The predicted octanol–water partition coefficient (Wildman–Crippen LogP) is 3.79. The van der Waals surface area contributed by atoms with Crippen molar-refractivity contribution >= 4 is 5.91 Å². The van der Waals surface area contributed by atoms with E-state index in [0.717, 1.165) is 37.2 Å². The first-order chi connectivity index (χ1) is 14.7. The summed E-state index contributed by atoms with van der Waals surface area (Å²) in [5.74, 6) is 1.69. The van der Waals surface area contributed by atoms with Gasteiger partial charge in [0.05, 0.1) is 17.5 Å². The van der Waals surface area contributed by atoms with Gasteiger partial charge in [-0.2, -0.15) is 5.10 Å². The van der Waals surface area contributed by atoms with Crippen molar-refractivity contribution in [2.24, 2.45) is 0 Å². The van der Waals surface area contributed by atoms with E-state index in [0.29, 0.717) is 17.4 Å². The highest BCUT2D eigenvalue weighted by Gasteiger charge is 2.26. The number of hydrogen-bond donors (Lipinski definition) is 1. The Balaban J connectivity index is 1.24. The Kier molecular flexibility index (Phi) is 4.78. The molecule has 0 spiro atoms. The molecule has 2 aromatic rings. The molecule has 30 heavy (non-hydrogen) atoms. The Bertz CT molecular complexity index is 1120. The van der Waals surface area contributed by atoms with E-state index in [1.807, 2.05) is 37.4 Å². The Morgan fingerprint density at radius 3 is 2.70 bits per heavy atom. The predicted molar refractivity (Wildman–Crippen MR) is 114 cm³/mol. The summed E-state index contributed by atoms with van der Waals surface area (Å²) in [6, 6.07) is 12.5. The minimum absolute atomic E-state index is 0.0643. The zero-order chi connectivity index (χ0) is 20.5. The van der Waals surface area contributed by atoms with Crippen LogP contribution in [-0.4, -0.2) is 36.3 Å². The molecule has 4 heterocycles. The number of amides is 1. The maximum Gasteiger partial charge on any atom is 0.254 e. The summed E-state index contributed by atoms with van der Waals surface area (Å²) < 4.78 is 3.99. The summed E-state index contributed by atoms with van der Waals surface area (Å²) in [6.45, 7) is 1.90. The maximum absolute atomic E-state index is 12.9. The molecular formula is C23H24N6O. The minimum Gasteiger partial charge on any atom is -0.349 e. The summed E-state index contributed by atoms with van der Waals surface area (Å²) >= 11 is 0. The van der Waals surface area contributed by atoms with Crippen molar-refractivity contribution in [1.82, 2.24) is 29.6 Å². The number of fused-ring (bicyclic) bond motifs is 1. The van der Waals surface area contributed by atoms with Crippen LogP contribution < -0.4 is 5.32 Å². The second-order valence-corrected chi connectivity index (χ2v) is 7.86. The van der Waals surface area contributed by atoms with Gasteiger partial charge in [-0.05, 0) is 62.9 Å². The van der Waals surface area contributed by atoms with E-state index in [4.69, 9.17) is 0 Å². The van der Waals surface area contributed by atoms with Crippen LogP contribution in [-0.2, 0) is 0 Å². The number of carbonyl (C=O) groups excluding carboxylic acids is 1. The van der Waals surface area contributed by atoms with Crippen molar-refractivity contribution in [1.29, 1.82) is 0 Å². The van der Waals surface area contributed by atoms with E-state index in [1.54, 1.807) is 17.1 Å². The van der Waals surface area contributed by atoms with Crippen LogP contribution in [0.4, 0.5) is 0 Å². The van der Waals surface area contributed by atoms with Crippen LogP contribution in [0, 0.1) is 6.92 Å². The van der Waals surface area contributed by atoms with E-state index in [9.17, 15) is 4.79 Å². The van der Waals surface area contributed by atoms with Crippen LogP contribution in [0.3, 0.4) is 0 Å². The Morgan fingerprint density at radius 2 is 1.90 bits per heavy atom. The molecule has 0 unspecified atom stereocenters. The highest BCUT2D eigenvalue weighted by Crippen LogP contribution is 2.32. The number of pyridine rings is 2.